The molecule has 4 aromatic rings. The molecule has 0 fully saturated rings. The highest BCUT2D eigenvalue weighted by Crippen LogP contribution is 2.20. The van der Waals surface area contributed by atoms with E-state index in [1.807, 2.05) is 62.4 Å². The molecular formula is C23H23N5O3. The van der Waals surface area contributed by atoms with Crippen LogP contribution in [0.1, 0.15) is 11.1 Å². The summed E-state index contributed by atoms with van der Waals surface area (Å²) in [5, 5.41) is 15.6. The molecule has 0 aliphatic carbocycles. The van der Waals surface area contributed by atoms with Crippen molar-refractivity contribution in [1.29, 1.82) is 0 Å². The predicted molar refractivity (Wildman–Crippen MR) is 116 cm³/mol. The summed E-state index contributed by atoms with van der Waals surface area (Å²) in [7, 11) is 0. The molecule has 4 rings (SSSR count). The van der Waals surface area contributed by atoms with Crippen LogP contribution in [-0.2, 0) is 4.79 Å². The minimum absolute atomic E-state index is 0.0460. The zero-order valence-corrected chi connectivity index (χ0v) is 17.4. The molecule has 2 aromatic heterocycles. The molecule has 2 heterocycles. The molecule has 1 amide bonds. The highest BCUT2D eigenvalue weighted by molar-refractivity contribution is 5.77. The number of aromatic nitrogens is 4. The summed E-state index contributed by atoms with van der Waals surface area (Å²) >= 11 is 0. The maximum Gasteiger partial charge on any atom is 0.258 e. The lowest BCUT2D eigenvalue weighted by molar-refractivity contribution is -0.123. The Morgan fingerprint density at radius 3 is 2.65 bits per heavy atom. The molecule has 0 radical (unpaired) electrons. The normalized spacial score (nSPS) is 10.8. The van der Waals surface area contributed by atoms with E-state index in [0.717, 1.165) is 16.7 Å². The number of nitrogens with one attached hydrogen (secondary N) is 1. The average Bonchev–Trinajstić information content (AvgIpc) is 3.21. The van der Waals surface area contributed by atoms with Crippen LogP contribution in [0.5, 0.6) is 11.6 Å². The van der Waals surface area contributed by atoms with E-state index in [1.165, 1.54) is 0 Å². The third kappa shape index (κ3) is 4.80. The van der Waals surface area contributed by atoms with Crippen molar-refractivity contribution < 1.29 is 14.3 Å². The Hall–Kier alpha value is -3.94. The third-order valence-corrected chi connectivity index (χ3v) is 4.86. The van der Waals surface area contributed by atoms with Crippen molar-refractivity contribution in [1.82, 2.24) is 25.1 Å². The van der Waals surface area contributed by atoms with Crippen LogP contribution in [0.4, 0.5) is 0 Å². The first kappa shape index (κ1) is 20.3. The number of carbonyl (C=O) groups is 1. The quantitative estimate of drug-likeness (QED) is 0.443. The van der Waals surface area contributed by atoms with Gasteiger partial charge in [-0.2, -0.15) is 4.52 Å². The molecule has 0 saturated carbocycles. The van der Waals surface area contributed by atoms with Crippen LogP contribution >= 0.6 is 0 Å². The SMILES string of the molecule is Cc1cccc(OCC(=O)NCCOc2ccc3nnc(-c4ccccc4)n3n2)c1C. The highest BCUT2D eigenvalue weighted by Gasteiger charge is 2.10. The number of benzene rings is 2. The predicted octanol–water partition coefficient (Wildman–Crippen LogP) is 2.98. The topological polar surface area (TPSA) is 90.6 Å². The summed E-state index contributed by atoms with van der Waals surface area (Å²) < 4.78 is 12.9. The molecule has 0 aliphatic rings. The number of nitrogens with zero attached hydrogens (tertiary/aromatic N) is 4. The van der Waals surface area contributed by atoms with Gasteiger partial charge in [0.1, 0.15) is 12.4 Å². The highest BCUT2D eigenvalue weighted by atomic mass is 16.5. The molecule has 0 atom stereocenters. The molecule has 0 aliphatic heterocycles. The number of fused-ring (bicyclic) bond motifs is 1. The maximum atomic E-state index is 12.0. The van der Waals surface area contributed by atoms with Crippen molar-refractivity contribution in [3.63, 3.8) is 0 Å². The van der Waals surface area contributed by atoms with Crippen LogP contribution < -0.4 is 14.8 Å². The van der Waals surface area contributed by atoms with Gasteiger partial charge in [-0.15, -0.1) is 15.3 Å². The first-order valence-corrected chi connectivity index (χ1v) is 9.98. The standard InChI is InChI=1S/C23H23N5O3/c1-16-7-6-10-19(17(16)2)31-15-21(29)24-13-14-30-22-12-11-20-25-26-23(28(20)27-22)18-8-4-3-5-9-18/h3-12H,13-15H2,1-2H3,(H,24,29). The van der Waals surface area contributed by atoms with E-state index in [2.05, 4.69) is 20.6 Å². The lowest BCUT2D eigenvalue weighted by Gasteiger charge is -2.11. The lowest BCUT2D eigenvalue weighted by Crippen LogP contribution is -2.32. The minimum Gasteiger partial charge on any atom is -0.483 e. The third-order valence-electron chi connectivity index (χ3n) is 4.86. The fourth-order valence-electron chi connectivity index (χ4n) is 3.04. The van der Waals surface area contributed by atoms with Crippen LogP contribution in [0.2, 0.25) is 0 Å². The lowest BCUT2D eigenvalue weighted by atomic mass is 10.1. The molecule has 8 nitrogen and oxygen atoms in total. The van der Waals surface area contributed by atoms with Crippen molar-refractivity contribution in [2.75, 3.05) is 19.8 Å². The molecule has 31 heavy (non-hydrogen) atoms. The Bertz CT molecular complexity index is 1190. The van der Waals surface area contributed by atoms with Gasteiger partial charge in [0.2, 0.25) is 5.88 Å². The second-order valence-corrected chi connectivity index (χ2v) is 7.02. The Morgan fingerprint density at radius 1 is 0.968 bits per heavy atom. The molecular weight excluding hydrogens is 394 g/mol. The minimum atomic E-state index is -0.210. The van der Waals surface area contributed by atoms with Gasteiger partial charge in [-0.05, 0) is 37.1 Å². The number of rotatable bonds is 8. The Balaban J connectivity index is 1.28. The molecule has 0 bridgehead atoms. The number of carbonyl (C=O) groups excluding carboxylic acids is 1. The molecule has 0 unspecified atom stereocenters. The summed E-state index contributed by atoms with van der Waals surface area (Å²) in [6.07, 6.45) is 0. The van der Waals surface area contributed by atoms with Gasteiger partial charge in [-0.3, -0.25) is 4.79 Å². The summed E-state index contributed by atoms with van der Waals surface area (Å²) in [4.78, 5) is 12.0. The first-order valence-electron chi connectivity index (χ1n) is 9.98. The van der Waals surface area contributed by atoms with Crippen LogP contribution in [-0.4, -0.2) is 45.5 Å². The second-order valence-electron chi connectivity index (χ2n) is 7.02. The zero-order chi connectivity index (χ0) is 21.6. The van der Waals surface area contributed by atoms with Crippen molar-refractivity contribution in [2.45, 2.75) is 13.8 Å². The number of hydrogen-bond acceptors (Lipinski definition) is 6. The summed E-state index contributed by atoms with van der Waals surface area (Å²) in [5.74, 6) is 1.56. The van der Waals surface area contributed by atoms with Gasteiger partial charge in [-0.1, -0.05) is 42.5 Å². The van der Waals surface area contributed by atoms with Gasteiger partial charge in [0, 0.05) is 11.6 Å². The molecule has 0 spiro atoms. The van der Waals surface area contributed by atoms with Gasteiger partial charge in [0.15, 0.2) is 18.1 Å². The van der Waals surface area contributed by atoms with Gasteiger partial charge < -0.3 is 14.8 Å². The van der Waals surface area contributed by atoms with Crippen LogP contribution in [0.3, 0.4) is 0 Å². The Labute approximate surface area is 179 Å². The van der Waals surface area contributed by atoms with E-state index in [0.29, 0.717) is 29.6 Å². The van der Waals surface area contributed by atoms with E-state index in [1.54, 1.807) is 16.6 Å². The molecule has 2 aromatic carbocycles. The molecule has 1 N–H and O–H groups in total. The molecule has 158 valence electrons. The van der Waals surface area contributed by atoms with Crippen LogP contribution in [0, 0.1) is 13.8 Å². The molecule has 0 saturated heterocycles. The zero-order valence-electron chi connectivity index (χ0n) is 17.4. The fraction of sp³-hybridized carbons (Fsp3) is 0.217. The molecule has 8 heteroatoms. The Kier molecular flexibility index (Phi) is 6.07. The largest absolute Gasteiger partial charge is 0.483 e. The van der Waals surface area contributed by atoms with Gasteiger partial charge in [-0.25, -0.2) is 0 Å². The van der Waals surface area contributed by atoms with Crippen LogP contribution in [0.25, 0.3) is 17.0 Å². The van der Waals surface area contributed by atoms with Gasteiger partial charge in [0.25, 0.3) is 5.91 Å². The van der Waals surface area contributed by atoms with Crippen molar-refractivity contribution in [3.05, 3.63) is 71.8 Å². The van der Waals surface area contributed by atoms with Gasteiger partial charge >= 0.3 is 0 Å². The summed E-state index contributed by atoms with van der Waals surface area (Å²) in [5.41, 5.74) is 3.70. The van der Waals surface area contributed by atoms with E-state index >= 15 is 0 Å². The van der Waals surface area contributed by atoms with E-state index in [-0.39, 0.29) is 19.1 Å². The summed E-state index contributed by atoms with van der Waals surface area (Å²) in [6.45, 7) is 4.54. The maximum absolute atomic E-state index is 12.0. The number of aryl methyl sites for hydroxylation is 1. The van der Waals surface area contributed by atoms with Crippen LogP contribution in [0.15, 0.2) is 60.7 Å². The van der Waals surface area contributed by atoms with Crippen molar-refractivity contribution >= 4 is 11.6 Å². The van der Waals surface area contributed by atoms with E-state index in [9.17, 15) is 4.79 Å². The van der Waals surface area contributed by atoms with Crippen molar-refractivity contribution in [3.8, 4) is 23.0 Å². The Morgan fingerprint density at radius 2 is 1.81 bits per heavy atom. The number of hydrogen-bond donors (Lipinski definition) is 1. The smallest absolute Gasteiger partial charge is 0.258 e. The second kappa shape index (κ2) is 9.25. The average molecular weight is 417 g/mol. The first-order chi connectivity index (χ1) is 15.1. The van der Waals surface area contributed by atoms with E-state index in [4.69, 9.17) is 9.47 Å². The van der Waals surface area contributed by atoms with Gasteiger partial charge in [0.05, 0.1) is 6.54 Å². The van der Waals surface area contributed by atoms with Crippen molar-refractivity contribution in [2.24, 2.45) is 0 Å². The van der Waals surface area contributed by atoms with E-state index < -0.39 is 0 Å². The fourth-order valence-corrected chi connectivity index (χ4v) is 3.04. The number of amides is 1. The number of ether oxygens (including phenoxy) is 2. The summed E-state index contributed by atoms with van der Waals surface area (Å²) in [6, 6.07) is 19.0. The monoisotopic (exact) mass is 417 g/mol.